The number of pyridine rings is 1. The van der Waals surface area contributed by atoms with Gasteiger partial charge in [-0.15, -0.1) is 0 Å². The van der Waals surface area contributed by atoms with Crippen LogP contribution in [0, 0.1) is 0 Å². The summed E-state index contributed by atoms with van der Waals surface area (Å²) in [4.78, 5) is 4.45. The maximum absolute atomic E-state index is 5.77. The largest absolute Gasteiger partial charge is 0.356 e. The Bertz CT molecular complexity index is 587. The van der Waals surface area contributed by atoms with E-state index in [0.717, 1.165) is 40.6 Å². The molecule has 0 amide bonds. The fourth-order valence-electron chi connectivity index (χ4n) is 2.29. The summed E-state index contributed by atoms with van der Waals surface area (Å²) in [6.07, 6.45) is 6.84. The molecule has 0 radical (unpaired) electrons. The molecule has 18 heavy (non-hydrogen) atoms. The summed E-state index contributed by atoms with van der Waals surface area (Å²) in [7, 11) is 0. The van der Waals surface area contributed by atoms with E-state index in [1.165, 1.54) is 6.42 Å². The molecule has 0 aromatic carbocycles. The molecule has 5 heteroatoms. The van der Waals surface area contributed by atoms with Gasteiger partial charge < -0.3 is 4.74 Å². The smallest absolute Gasteiger partial charge is 0.161 e. The second-order valence-electron chi connectivity index (χ2n) is 4.38. The van der Waals surface area contributed by atoms with Gasteiger partial charge >= 0.3 is 0 Å². The third kappa shape index (κ3) is 1.97. The van der Waals surface area contributed by atoms with Gasteiger partial charge in [0.15, 0.2) is 11.9 Å². The highest BCUT2D eigenvalue weighted by Crippen LogP contribution is 2.28. The van der Waals surface area contributed by atoms with E-state index in [2.05, 4.69) is 32.6 Å². The van der Waals surface area contributed by atoms with Crippen LogP contribution >= 0.6 is 15.9 Å². The molecular formula is C13H14BrN3O. The molecule has 0 aliphatic carbocycles. The van der Waals surface area contributed by atoms with E-state index in [1.807, 2.05) is 10.7 Å². The standard InChI is InChI=1S/C13H14BrN3O/c1-2-11-10-7-9(14)8-15-13(10)17(16-11)12-5-3-4-6-18-12/h2,7-8,12H,1,3-6H2. The van der Waals surface area contributed by atoms with Crippen LogP contribution in [0.4, 0.5) is 0 Å². The van der Waals surface area contributed by atoms with Crippen molar-refractivity contribution in [1.82, 2.24) is 14.8 Å². The summed E-state index contributed by atoms with van der Waals surface area (Å²) < 4.78 is 8.61. The van der Waals surface area contributed by atoms with Crippen LogP contribution in [0.15, 0.2) is 23.3 Å². The van der Waals surface area contributed by atoms with E-state index in [1.54, 1.807) is 12.3 Å². The fourth-order valence-corrected chi connectivity index (χ4v) is 2.62. The first kappa shape index (κ1) is 11.9. The molecule has 1 aliphatic heterocycles. The zero-order chi connectivity index (χ0) is 12.5. The molecule has 1 unspecified atom stereocenters. The molecule has 0 N–H and O–H groups in total. The number of hydrogen-bond acceptors (Lipinski definition) is 3. The molecule has 2 aromatic rings. The van der Waals surface area contributed by atoms with Crippen LogP contribution in [0.3, 0.4) is 0 Å². The number of nitrogens with zero attached hydrogens (tertiary/aromatic N) is 3. The Kier molecular flexibility index (Phi) is 3.18. The molecule has 1 saturated heterocycles. The van der Waals surface area contributed by atoms with Gasteiger partial charge in [-0.2, -0.15) is 5.10 Å². The van der Waals surface area contributed by atoms with Crippen LogP contribution in [0.5, 0.6) is 0 Å². The van der Waals surface area contributed by atoms with E-state index < -0.39 is 0 Å². The highest BCUT2D eigenvalue weighted by atomic mass is 79.9. The van der Waals surface area contributed by atoms with Gasteiger partial charge in [0.2, 0.25) is 0 Å². The SMILES string of the molecule is C=Cc1nn(C2CCCCO2)c2ncc(Br)cc12. The summed E-state index contributed by atoms with van der Waals surface area (Å²) in [5.41, 5.74) is 1.72. The van der Waals surface area contributed by atoms with Gasteiger partial charge in [0.05, 0.1) is 5.69 Å². The lowest BCUT2D eigenvalue weighted by molar-refractivity contribution is -0.0370. The highest BCUT2D eigenvalue weighted by molar-refractivity contribution is 9.10. The average Bonchev–Trinajstić information content (AvgIpc) is 2.77. The minimum Gasteiger partial charge on any atom is -0.356 e. The third-order valence-corrected chi connectivity index (χ3v) is 3.60. The number of aromatic nitrogens is 3. The summed E-state index contributed by atoms with van der Waals surface area (Å²) >= 11 is 3.44. The predicted molar refractivity (Wildman–Crippen MR) is 74.2 cm³/mol. The van der Waals surface area contributed by atoms with E-state index in [0.29, 0.717) is 0 Å². The summed E-state index contributed by atoms with van der Waals surface area (Å²) in [5.74, 6) is 0. The van der Waals surface area contributed by atoms with Crippen LogP contribution in [0.1, 0.15) is 31.2 Å². The first-order valence-corrected chi connectivity index (χ1v) is 6.86. The monoisotopic (exact) mass is 307 g/mol. The molecule has 1 fully saturated rings. The number of ether oxygens (including phenoxy) is 1. The van der Waals surface area contributed by atoms with Crippen LogP contribution in [0.2, 0.25) is 0 Å². The molecule has 1 aliphatic rings. The van der Waals surface area contributed by atoms with Crippen molar-refractivity contribution < 1.29 is 4.74 Å². The topological polar surface area (TPSA) is 39.9 Å². The summed E-state index contributed by atoms with van der Waals surface area (Å²) in [6, 6.07) is 2.02. The third-order valence-electron chi connectivity index (χ3n) is 3.16. The minimum absolute atomic E-state index is 0.00336. The first-order valence-electron chi connectivity index (χ1n) is 6.07. The Morgan fingerprint density at radius 3 is 3.11 bits per heavy atom. The Morgan fingerprint density at radius 1 is 1.50 bits per heavy atom. The molecule has 4 nitrogen and oxygen atoms in total. The van der Waals surface area contributed by atoms with Crippen LogP contribution in [-0.2, 0) is 4.74 Å². The Hall–Kier alpha value is -1.20. The van der Waals surface area contributed by atoms with Crippen LogP contribution in [-0.4, -0.2) is 21.4 Å². The zero-order valence-corrected chi connectivity index (χ0v) is 11.6. The van der Waals surface area contributed by atoms with Crippen molar-refractivity contribution in [3.8, 4) is 0 Å². The Morgan fingerprint density at radius 2 is 2.39 bits per heavy atom. The van der Waals surface area contributed by atoms with Crippen LogP contribution < -0.4 is 0 Å². The Balaban J connectivity index is 2.13. The van der Waals surface area contributed by atoms with Crippen molar-refractivity contribution in [1.29, 1.82) is 0 Å². The van der Waals surface area contributed by atoms with Gasteiger partial charge in [0.25, 0.3) is 0 Å². The first-order chi connectivity index (χ1) is 8.79. The van der Waals surface area contributed by atoms with Crippen molar-refractivity contribution in [3.05, 3.63) is 29.0 Å². The molecule has 1 atom stereocenters. The molecular weight excluding hydrogens is 294 g/mol. The quantitative estimate of drug-likeness (QED) is 0.852. The van der Waals surface area contributed by atoms with Gasteiger partial charge in [-0.05, 0) is 47.3 Å². The lowest BCUT2D eigenvalue weighted by Crippen LogP contribution is -2.19. The van der Waals surface area contributed by atoms with Crippen LogP contribution in [0.25, 0.3) is 17.1 Å². The summed E-state index contributed by atoms with van der Waals surface area (Å²) in [5, 5.41) is 5.57. The molecule has 0 saturated carbocycles. The lowest BCUT2D eigenvalue weighted by atomic mass is 10.2. The number of fused-ring (bicyclic) bond motifs is 1. The fraction of sp³-hybridized carbons (Fsp3) is 0.385. The van der Waals surface area contributed by atoms with Crippen molar-refractivity contribution >= 4 is 33.0 Å². The average molecular weight is 308 g/mol. The van der Waals surface area contributed by atoms with Crippen molar-refractivity contribution in [2.24, 2.45) is 0 Å². The molecule has 94 valence electrons. The second kappa shape index (κ2) is 4.82. The number of halogens is 1. The van der Waals surface area contributed by atoms with Gasteiger partial charge in [0, 0.05) is 22.7 Å². The van der Waals surface area contributed by atoms with Crippen molar-refractivity contribution in [3.63, 3.8) is 0 Å². The van der Waals surface area contributed by atoms with Gasteiger partial charge in [0.1, 0.15) is 0 Å². The minimum atomic E-state index is 0.00336. The Labute approximate surface area is 114 Å². The maximum atomic E-state index is 5.77. The van der Waals surface area contributed by atoms with E-state index in [4.69, 9.17) is 4.74 Å². The molecule has 0 spiro atoms. The second-order valence-corrected chi connectivity index (χ2v) is 5.30. The molecule has 3 heterocycles. The summed E-state index contributed by atoms with van der Waals surface area (Å²) in [6.45, 7) is 4.61. The zero-order valence-electron chi connectivity index (χ0n) is 9.97. The lowest BCUT2D eigenvalue weighted by Gasteiger charge is -2.22. The highest BCUT2D eigenvalue weighted by Gasteiger charge is 2.21. The molecule has 3 rings (SSSR count). The van der Waals surface area contributed by atoms with Crippen molar-refractivity contribution in [2.45, 2.75) is 25.5 Å². The number of hydrogen-bond donors (Lipinski definition) is 0. The normalized spacial score (nSPS) is 20.2. The van der Waals surface area contributed by atoms with E-state index in [9.17, 15) is 0 Å². The van der Waals surface area contributed by atoms with E-state index >= 15 is 0 Å². The van der Waals surface area contributed by atoms with E-state index in [-0.39, 0.29) is 6.23 Å². The number of rotatable bonds is 2. The molecule has 0 bridgehead atoms. The van der Waals surface area contributed by atoms with Gasteiger partial charge in [-0.25, -0.2) is 9.67 Å². The molecule has 2 aromatic heterocycles. The maximum Gasteiger partial charge on any atom is 0.161 e. The van der Waals surface area contributed by atoms with Crippen molar-refractivity contribution in [2.75, 3.05) is 6.61 Å². The predicted octanol–water partition coefficient (Wildman–Crippen LogP) is 3.54. The van der Waals surface area contributed by atoms with Gasteiger partial charge in [-0.1, -0.05) is 6.58 Å². The van der Waals surface area contributed by atoms with Gasteiger partial charge in [-0.3, -0.25) is 0 Å².